The minimum atomic E-state index is -4.56. The largest absolute Gasteiger partial charge is 0.456 e. The summed E-state index contributed by atoms with van der Waals surface area (Å²) in [5.41, 5.74) is -0.559. The molecule has 3 rings (SSSR count). The van der Waals surface area contributed by atoms with Gasteiger partial charge in [0.25, 0.3) is 0 Å². The number of pyridine rings is 1. The van der Waals surface area contributed by atoms with Gasteiger partial charge in [-0.25, -0.2) is 9.78 Å². The highest BCUT2D eigenvalue weighted by Gasteiger charge is 2.36. The summed E-state index contributed by atoms with van der Waals surface area (Å²) in [6, 6.07) is 3.34. The Labute approximate surface area is 163 Å². The zero-order chi connectivity index (χ0) is 20.5. The molecule has 1 saturated heterocycles. The predicted octanol–water partition coefficient (Wildman–Crippen LogP) is 3.49. The second kappa shape index (κ2) is 7.83. The molecule has 0 spiro atoms. The third kappa shape index (κ3) is 4.14. The second-order valence-corrected chi connectivity index (χ2v) is 6.82. The Hall–Kier alpha value is -2.55. The fourth-order valence-electron chi connectivity index (χ4n) is 3.12. The average Bonchev–Trinajstić information content (AvgIpc) is 3.27. The van der Waals surface area contributed by atoms with Crippen LogP contribution < -0.4 is 4.90 Å². The number of ether oxygens (including phenoxy) is 1. The van der Waals surface area contributed by atoms with Crippen molar-refractivity contribution >= 4 is 29.2 Å². The zero-order valence-electron chi connectivity index (χ0n) is 14.9. The topological polar surface area (TPSA) is 64.4 Å². The Kier molecular flexibility index (Phi) is 5.64. The van der Waals surface area contributed by atoms with Gasteiger partial charge in [0.05, 0.1) is 16.3 Å². The molecule has 0 N–H and O–H groups in total. The Morgan fingerprint density at radius 2 is 2.14 bits per heavy atom. The summed E-state index contributed by atoms with van der Waals surface area (Å²) in [7, 11) is 1.70. The van der Waals surface area contributed by atoms with Crippen molar-refractivity contribution in [2.24, 2.45) is 7.05 Å². The van der Waals surface area contributed by atoms with E-state index in [4.69, 9.17) is 16.3 Å². The van der Waals surface area contributed by atoms with Gasteiger partial charge < -0.3 is 14.2 Å². The van der Waals surface area contributed by atoms with E-state index in [1.807, 2.05) is 0 Å². The van der Waals surface area contributed by atoms with Gasteiger partial charge in [0.1, 0.15) is 11.9 Å². The summed E-state index contributed by atoms with van der Waals surface area (Å²) in [5.74, 6) is -0.906. The van der Waals surface area contributed by atoms with Crippen molar-refractivity contribution in [3.8, 4) is 0 Å². The summed E-state index contributed by atoms with van der Waals surface area (Å²) in [5, 5.41) is -0.200. The number of Topliss-reactive ketones (excluding diaryl/α,β-unsaturated/α-hetero) is 1. The lowest BCUT2D eigenvalue weighted by molar-refractivity contribution is -0.144. The zero-order valence-corrected chi connectivity index (χ0v) is 15.6. The number of nitrogens with zero attached hydrogens (tertiary/aromatic N) is 3. The van der Waals surface area contributed by atoms with Crippen LogP contribution in [0.25, 0.3) is 0 Å². The molecule has 1 aliphatic heterocycles. The van der Waals surface area contributed by atoms with Gasteiger partial charge in [-0.15, -0.1) is 0 Å². The molecule has 10 heteroatoms. The first kappa shape index (κ1) is 20.2. The molecule has 0 aromatic carbocycles. The Morgan fingerprint density at radius 1 is 1.39 bits per heavy atom. The molecular formula is C18H17ClF3N3O3. The first-order valence-electron chi connectivity index (χ1n) is 8.49. The minimum absolute atomic E-state index is 0.0860. The number of hydrogen-bond donors (Lipinski definition) is 0. The molecule has 0 bridgehead atoms. The van der Waals surface area contributed by atoms with E-state index in [1.54, 1.807) is 29.9 Å². The van der Waals surface area contributed by atoms with Gasteiger partial charge >= 0.3 is 12.1 Å². The van der Waals surface area contributed by atoms with E-state index >= 15 is 0 Å². The fraction of sp³-hybridized carbons (Fsp3) is 0.389. The lowest BCUT2D eigenvalue weighted by Gasteiger charge is -2.25. The van der Waals surface area contributed by atoms with Crippen molar-refractivity contribution in [3.63, 3.8) is 0 Å². The molecule has 6 nitrogen and oxygen atoms in total. The maximum absolute atomic E-state index is 12.8. The van der Waals surface area contributed by atoms with Crippen LogP contribution >= 0.6 is 11.6 Å². The van der Waals surface area contributed by atoms with Crippen molar-refractivity contribution < 1.29 is 27.5 Å². The van der Waals surface area contributed by atoms with Gasteiger partial charge in [0.15, 0.2) is 6.61 Å². The number of esters is 1. The molecule has 1 aliphatic rings. The molecule has 0 radical (unpaired) electrons. The van der Waals surface area contributed by atoms with Crippen LogP contribution in [-0.4, -0.2) is 40.5 Å². The number of alkyl halides is 3. The first-order chi connectivity index (χ1) is 13.2. The smallest absolute Gasteiger partial charge is 0.417 e. The van der Waals surface area contributed by atoms with E-state index in [-0.39, 0.29) is 16.6 Å². The van der Waals surface area contributed by atoms with Crippen molar-refractivity contribution in [1.82, 2.24) is 9.55 Å². The molecule has 2 aromatic heterocycles. The van der Waals surface area contributed by atoms with Crippen LogP contribution in [0.5, 0.6) is 0 Å². The van der Waals surface area contributed by atoms with E-state index in [2.05, 4.69) is 4.98 Å². The molecule has 0 amide bonds. The van der Waals surface area contributed by atoms with E-state index < -0.39 is 30.4 Å². The quantitative estimate of drug-likeness (QED) is 0.552. The lowest BCUT2D eigenvalue weighted by atomic mass is 10.2. The fourth-order valence-corrected chi connectivity index (χ4v) is 3.39. The first-order valence-corrected chi connectivity index (χ1v) is 8.87. The van der Waals surface area contributed by atoms with Crippen LogP contribution in [0.3, 0.4) is 0 Å². The summed E-state index contributed by atoms with van der Waals surface area (Å²) in [4.78, 5) is 29.9. The number of rotatable bonds is 5. The van der Waals surface area contributed by atoms with Gasteiger partial charge in [0.2, 0.25) is 5.78 Å². The van der Waals surface area contributed by atoms with Crippen LogP contribution in [0.2, 0.25) is 5.02 Å². The number of carbonyl (C=O) groups excluding carboxylic acids is 2. The van der Waals surface area contributed by atoms with Crippen molar-refractivity contribution in [3.05, 3.63) is 46.9 Å². The maximum atomic E-state index is 12.8. The van der Waals surface area contributed by atoms with Crippen molar-refractivity contribution in [1.29, 1.82) is 0 Å². The van der Waals surface area contributed by atoms with Gasteiger partial charge in [0, 0.05) is 26.0 Å². The molecule has 1 atom stereocenters. The molecule has 0 unspecified atom stereocenters. The number of ketones is 1. The van der Waals surface area contributed by atoms with Crippen molar-refractivity contribution in [2.75, 3.05) is 18.1 Å². The van der Waals surface area contributed by atoms with E-state index in [9.17, 15) is 22.8 Å². The average molecular weight is 416 g/mol. The molecular weight excluding hydrogens is 399 g/mol. The maximum Gasteiger partial charge on any atom is 0.417 e. The van der Waals surface area contributed by atoms with Gasteiger partial charge in [-0.05, 0) is 31.0 Å². The number of aryl methyl sites for hydroxylation is 1. The third-order valence-electron chi connectivity index (χ3n) is 4.52. The van der Waals surface area contributed by atoms with Crippen LogP contribution in [0.15, 0.2) is 30.6 Å². The van der Waals surface area contributed by atoms with E-state index in [0.29, 0.717) is 31.3 Å². The van der Waals surface area contributed by atoms with Gasteiger partial charge in [-0.2, -0.15) is 13.2 Å². The Balaban J connectivity index is 1.70. The number of anilines is 1. The SMILES string of the molecule is Cn1cccc1C(=O)COC(=O)[C@H]1CCCN1c1ncc(C(F)(F)F)cc1Cl. The van der Waals surface area contributed by atoms with Gasteiger partial charge in [-0.3, -0.25) is 4.79 Å². The van der Waals surface area contributed by atoms with Crippen LogP contribution in [0.1, 0.15) is 28.9 Å². The molecule has 2 aromatic rings. The lowest BCUT2D eigenvalue weighted by Crippen LogP contribution is -2.38. The Bertz CT molecular complexity index is 898. The number of aromatic nitrogens is 2. The number of carbonyl (C=O) groups is 2. The summed E-state index contributed by atoms with van der Waals surface area (Å²) >= 11 is 5.98. The summed E-state index contributed by atoms with van der Waals surface area (Å²) < 4.78 is 45.1. The summed E-state index contributed by atoms with van der Waals surface area (Å²) in [6.45, 7) is -0.0290. The standard InChI is InChI=1S/C18H17ClF3N3O3/c1-24-6-2-4-13(24)15(26)10-28-17(27)14-5-3-7-25(14)16-12(19)8-11(9-23-16)18(20,21)22/h2,4,6,8-9,14H,3,5,7,10H2,1H3/t14-/m1/s1. The van der Waals surface area contributed by atoms with Crippen LogP contribution in [-0.2, 0) is 22.8 Å². The van der Waals surface area contributed by atoms with Gasteiger partial charge in [-0.1, -0.05) is 11.6 Å². The molecule has 3 heterocycles. The highest BCUT2D eigenvalue weighted by atomic mass is 35.5. The van der Waals surface area contributed by atoms with Crippen LogP contribution in [0.4, 0.5) is 19.0 Å². The number of halogens is 4. The second-order valence-electron chi connectivity index (χ2n) is 6.41. The Morgan fingerprint density at radius 3 is 2.75 bits per heavy atom. The minimum Gasteiger partial charge on any atom is -0.456 e. The monoisotopic (exact) mass is 415 g/mol. The third-order valence-corrected chi connectivity index (χ3v) is 4.80. The normalized spacial score (nSPS) is 17.0. The van der Waals surface area contributed by atoms with Crippen LogP contribution in [0, 0.1) is 0 Å². The summed E-state index contributed by atoms with van der Waals surface area (Å²) in [6.07, 6.45) is -1.14. The van der Waals surface area contributed by atoms with E-state index in [1.165, 1.54) is 4.90 Å². The molecule has 28 heavy (non-hydrogen) atoms. The highest BCUT2D eigenvalue weighted by Crippen LogP contribution is 2.35. The van der Waals surface area contributed by atoms with Crippen molar-refractivity contribution in [2.45, 2.75) is 25.1 Å². The highest BCUT2D eigenvalue weighted by molar-refractivity contribution is 6.33. The van der Waals surface area contributed by atoms with E-state index in [0.717, 1.165) is 6.07 Å². The predicted molar refractivity (Wildman–Crippen MR) is 95.3 cm³/mol. The molecule has 0 aliphatic carbocycles. The molecule has 1 fully saturated rings. The number of hydrogen-bond acceptors (Lipinski definition) is 5. The molecule has 150 valence electrons. The molecule has 0 saturated carbocycles.